The largest absolute Gasteiger partial charge is 0.416 e. The van der Waals surface area contributed by atoms with E-state index in [9.17, 15) is 18.0 Å². The van der Waals surface area contributed by atoms with Crippen LogP contribution in [0.5, 0.6) is 0 Å². The van der Waals surface area contributed by atoms with Gasteiger partial charge in [0.2, 0.25) is 11.1 Å². The Morgan fingerprint density at radius 3 is 2.59 bits per heavy atom. The van der Waals surface area contributed by atoms with Crippen molar-refractivity contribution < 1.29 is 18.0 Å². The average molecular weight is 464 g/mol. The number of nitrogen functional groups attached to an aromatic ring is 1. The smallest absolute Gasteiger partial charge is 0.399 e. The van der Waals surface area contributed by atoms with E-state index < -0.39 is 17.8 Å². The van der Waals surface area contributed by atoms with Gasteiger partial charge in [-0.2, -0.15) is 13.2 Å². The summed E-state index contributed by atoms with van der Waals surface area (Å²) in [6, 6.07) is 4.38. The Kier molecular flexibility index (Phi) is 5.59. The number of carbonyl (C=O) groups excluding carboxylic acids is 1. The molecule has 1 aliphatic rings. The van der Waals surface area contributed by atoms with Crippen LogP contribution in [0.2, 0.25) is 5.28 Å². The number of aromatic nitrogens is 4. The topological polar surface area (TPSA) is 110 Å². The molecule has 0 aliphatic carbocycles. The molecule has 1 aromatic carbocycles. The van der Waals surface area contributed by atoms with Crippen LogP contribution in [0, 0.1) is 0 Å². The van der Waals surface area contributed by atoms with Crippen LogP contribution in [-0.2, 0) is 19.3 Å². The maximum atomic E-state index is 13.2. The number of alkyl halides is 3. The van der Waals surface area contributed by atoms with Gasteiger partial charge in [0, 0.05) is 23.6 Å². The quantitative estimate of drug-likeness (QED) is 0.446. The highest BCUT2D eigenvalue weighted by molar-refractivity contribution is 6.28. The fourth-order valence-electron chi connectivity index (χ4n) is 3.42. The number of carbonyl (C=O) groups is 1. The molecule has 2 aromatic heterocycles. The summed E-state index contributed by atoms with van der Waals surface area (Å²) in [6.45, 7) is 2.02. The Labute approximate surface area is 185 Å². The lowest BCUT2D eigenvalue weighted by Crippen LogP contribution is -2.27. The van der Waals surface area contributed by atoms with Crippen LogP contribution >= 0.6 is 11.6 Å². The fourth-order valence-corrected chi connectivity index (χ4v) is 3.60. The van der Waals surface area contributed by atoms with Gasteiger partial charge in [-0.25, -0.2) is 19.9 Å². The van der Waals surface area contributed by atoms with Gasteiger partial charge in [-0.3, -0.25) is 4.79 Å². The lowest BCUT2D eigenvalue weighted by Gasteiger charge is -2.19. The van der Waals surface area contributed by atoms with Gasteiger partial charge >= 0.3 is 6.18 Å². The van der Waals surface area contributed by atoms with Gasteiger partial charge in [-0.1, -0.05) is 0 Å². The maximum absolute atomic E-state index is 13.2. The zero-order chi connectivity index (χ0) is 23.0. The summed E-state index contributed by atoms with van der Waals surface area (Å²) in [5.41, 5.74) is 6.31. The molecule has 12 heteroatoms. The third-order valence-corrected chi connectivity index (χ3v) is 5.13. The predicted octanol–water partition coefficient (Wildman–Crippen LogP) is 3.85. The first kappa shape index (κ1) is 21.8. The molecule has 0 saturated heterocycles. The maximum Gasteiger partial charge on any atom is 0.416 e. The molecule has 3 heterocycles. The number of nitrogens with two attached hydrogens (primary N) is 1. The first-order valence-corrected chi connectivity index (χ1v) is 9.85. The molecule has 0 radical (unpaired) electrons. The second-order valence-electron chi connectivity index (χ2n) is 7.25. The number of fused-ring (bicyclic) bond motifs is 1. The van der Waals surface area contributed by atoms with Gasteiger partial charge in [0.15, 0.2) is 0 Å². The van der Waals surface area contributed by atoms with Crippen LogP contribution in [0.3, 0.4) is 0 Å². The van der Waals surface area contributed by atoms with Gasteiger partial charge < -0.3 is 16.0 Å². The molecule has 8 nitrogen and oxygen atoms in total. The molecule has 0 spiro atoms. The second kappa shape index (κ2) is 8.23. The number of amides is 1. The van der Waals surface area contributed by atoms with Crippen molar-refractivity contribution in [1.82, 2.24) is 24.8 Å². The molecule has 4 rings (SSSR count). The van der Waals surface area contributed by atoms with E-state index in [2.05, 4.69) is 25.3 Å². The zero-order valence-corrected chi connectivity index (χ0v) is 17.4. The van der Waals surface area contributed by atoms with Crippen molar-refractivity contribution in [3.8, 4) is 0 Å². The third-order valence-electron chi connectivity index (χ3n) is 4.96. The molecule has 0 bridgehead atoms. The summed E-state index contributed by atoms with van der Waals surface area (Å²) in [7, 11) is 0. The van der Waals surface area contributed by atoms with Crippen molar-refractivity contribution in [3.05, 3.63) is 70.2 Å². The zero-order valence-electron chi connectivity index (χ0n) is 16.7. The summed E-state index contributed by atoms with van der Waals surface area (Å²) in [6.07, 6.45) is -1.59. The molecule has 1 atom stereocenters. The van der Waals surface area contributed by atoms with E-state index in [1.165, 1.54) is 23.4 Å². The van der Waals surface area contributed by atoms with Gasteiger partial charge in [0.05, 0.1) is 30.4 Å². The van der Waals surface area contributed by atoms with Gasteiger partial charge in [-0.05, 0) is 48.4 Å². The van der Waals surface area contributed by atoms with Crippen LogP contribution in [0.4, 0.5) is 24.7 Å². The van der Waals surface area contributed by atoms with Crippen molar-refractivity contribution >= 4 is 29.0 Å². The number of rotatable bonds is 4. The molecule has 3 aromatic rings. The van der Waals surface area contributed by atoms with Crippen molar-refractivity contribution in [1.29, 1.82) is 0 Å². The van der Waals surface area contributed by atoms with Gasteiger partial charge in [-0.15, -0.1) is 0 Å². The Hall–Kier alpha value is -3.47. The van der Waals surface area contributed by atoms with E-state index >= 15 is 0 Å². The molecule has 0 saturated carbocycles. The molecular weight excluding hydrogens is 447 g/mol. The summed E-state index contributed by atoms with van der Waals surface area (Å²) in [4.78, 5) is 30.5. The van der Waals surface area contributed by atoms with Crippen molar-refractivity contribution in [2.75, 3.05) is 11.1 Å². The lowest BCUT2D eigenvalue weighted by molar-refractivity contribution is -0.137. The van der Waals surface area contributed by atoms with Crippen LogP contribution in [0.15, 0.2) is 36.7 Å². The molecular formula is C20H17ClF3N7O. The average Bonchev–Trinajstić information content (AvgIpc) is 3.17. The van der Waals surface area contributed by atoms with E-state index in [1.807, 2.05) is 0 Å². The van der Waals surface area contributed by atoms with Gasteiger partial charge in [0.1, 0.15) is 5.82 Å². The number of halogens is 4. The fraction of sp³-hybridized carbons (Fsp3) is 0.250. The Morgan fingerprint density at radius 2 is 1.91 bits per heavy atom. The number of nitrogens with one attached hydrogen (secondary N) is 1. The van der Waals surface area contributed by atoms with Crippen LogP contribution in [0.25, 0.3) is 0 Å². The van der Waals surface area contributed by atoms with Crippen molar-refractivity contribution in [3.63, 3.8) is 0 Å². The first-order valence-electron chi connectivity index (χ1n) is 9.47. The molecule has 0 unspecified atom stereocenters. The van der Waals surface area contributed by atoms with E-state index in [4.69, 9.17) is 17.3 Å². The predicted molar refractivity (Wildman–Crippen MR) is 111 cm³/mol. The highest BCUT2D eigenvalue weighted by atomic mass is 35.5. The van der Waals surface area contributed by atoms with E-state index in [-0.39, 0.29) is 35.8 Å². The van der Waals surface area contributed by atoms with E-state index in [1.54, 1.807) is 13.0 Å². The monoisotopic (exact) mass is 463 g/mol. The number of hydrogen-bond donors (Lipinski definition) is 2. The minimum atomic E-state index is -4.52. The number of nitrogens with zero attached hydrogens (tertiary/aromatic N) is 5. The Balaban J connectivity index is 1.60. The molecule has 1 aliphatic heterocycles. The summed E-state index contributed by atoms with van der Waals surface area (Å²) in [5, 5.41) is 3.03. The molecule has 0 fully saturated rings. The highest BCUT2D eigenvalue weighted by Gasteiger charge is 2.33. The number of hydrogen-bond acceptors (Lipinski definition) is 7. The summed E-state index contributed by atoms with van der Waals surface area (Å²) >= 11 is 6.05. The van der Waals surface area contributed by atoms with Crippen LogP contribution < -0.4 is 11.1 Å². The molecule has 1 amide bonds. The first-order chi connectivity index (χ1) is 15.1. The minimum Gasteiger partial charge on any atom is -0.399 e. The number of anilines is 2. The second-order valence-corrected chi connectivity index (χ2v) is 7.59. The van der Waals surface area contributed by atoms with Crippen molar-refractivity contribution in [2.45, 2.75) is 32.2 Å². The third kappa shape index (κ3) is 4.42. The number of benzene rings is 1. The molecule has 3 N–H and O–H groups in total. The van der Waals surface area contributed by atoms with Crippen LogP contribution in [0.1, 0.15) is 46.0 Å². The Bertz CT molecular complexity index is 1170. The molecule has 166 valence electrons. The van der Waals surface area contributed by atoms with Crippen LogP contribution in [-0.4, -0.2) is 30.7 Å². The Morgan fingerprint density at radius 1 is 1.19 bits per heavy atom. The SMILES string of the molecule is C[C@@H](Nc1nc(Cl)nc2c1CN(C(=O)c1ncccn1)C2)c1cc(N)cc(C(F)(F)F)c1. The lowest BCUT2D eigenvalue weighted by atomic mass is 10.0. The summed E-state index contributed by atoms with van der Waals surface area (Å²) in [5.74, 6) is -0.0150. The normalized spacial score (nSPS) is 14.2. The molecule has 32 heavy (non-hydrogen) atoms. The van der Waals surface area contributed by atoms with E-state index in [0.29, 0.717) is 22.6 Å². The highest BCUT2D eigenvalue weighted by Crippen LogP contribution is 2.35. The van der Waals surface area contributed by atoms with E-state index in [0.717, 1.165) is 12.1 Å². The minimum absolute atomic E-state index is 0.00550. The summed E-state index contributed by atoms with van der Waals surface area (Å²) < 4.78 is 39.5. The standard InChI is InChI=1S/C20H17ClF3N7O/c1-10(11-5-12(20(22,23)24)7-13(25)6-11)28-16-14-8-31(9-15(14)29-19(21)30-16)18(32)17-26-3-2-4-27-17/h2-7,10H,8-9,25H2,1H3,(H,28,29,30)/t10-/m1/s1. The van der Waals surface area contributed by atoms with Gasteiger partial charge in [0.25, 0.3) is 5.91 Å². The van der Waals surface area contributed by atoms with Crippen molar-refractivity contribution in [2.24, 2.45) is 0 Å².